The van der Waals surface area contributed by atoms with Crippen LogP contribution in [-0.2, 0) is 41.4 Å². The lowest BCUT2D eigenvalue weighted by Gasteiger charge is -2.29. The lowest BCUT2D eigenvalue weighted by Crippen LogP contribution is -2.50. The molecule has 6 aliphatic rings. The number of aliphatic carboxylic acids is 1. The van der Waals surface area contributed by atoms with Crippen LogP contribution in [0.2, 0.25) is 0 Å². The Bertz CT molecular complexity index is 4580. The number of nitrogens with one attached hydrogen (secondary N) is 6. The molecule has 23 heteroatoms. The molecule has 0 fully saturated rings. The van der Waals surface area contributed by atoms with Gasteiger partial charge in [0.2, 0.25) is 11.8 Å². The third kappa shape index (κ3) is 13.6. The van der Waals surface area contributed by atoms with E-state index in [-0.39, 0.29) is 73.8 Å². The van der Waals surface area contributed by atoms with E-state index in [9.17, 15) is 49.5 Å². The van der Waals surface area contributed by atoms with Gasteiger partial charge in [0.15, 0.2) is 11.6 Å². The van der Waals surface area contributed by atoms with E-state index in [1.807, 2.05) is 90.1 Å². The van der Waals surface area contributed by atoms with Crippen molar-refractivity contribution in [1.29, 1.82) is 0 Å². The highest BCUT2D eigenvalue weighted by Gasteiger charge is 2.39. The number of nitrogens with zero attached hydrogens (tertiary/aromatic N) is 4. The number of aliphatic hydroxyl groups excluding tert-OH is 4. The van der Waals surface area contributed by atoms with Gasteiger partial charge >= 0.3 is 5.97 Å². The topological polar surface area (TPSA) is 353 Å². The first-order valence-electron chi connectivity index (χ1n) is 35.3. The van der Waals surface area contributed by atoms with E-state index < -0.39 is 94.4 Å². The average molecular weight is 1390 g/mol. The quantitative estimate of drug-likeness (QED) is 0.0228. The van der Waals surface area contributed by atoms with Gasteiger partial charge in [0.05, 0.1) is 96.9 Å². The van der Waals surface area contributed by atoms with Crippen molar-refractivity contribution in [3.63, 3.8) is 0 Å². The number of carboxylic acid groups (broad SMARTS) is 1. The number of carbonyl (C=O) groups is 5. The number of amides is 2. The van der Waals surface area contributed by atoms with Crippen molar-refractivity contribution < 1.29 is 63.7 Å². The highest BCUT2D eigenvalue weighted by molar-refractivity contribution is 6.14. The Morgan fingerprint density at radius 2 is 0.941 bits per heavy atom. The van der Waals surface area contributed by atoms with Crippen LogP contribution in [0.1, 0.15) is 215 Å². The van der Waals surface area contributed by atoms with E-state index in [1.54, 1.807) is 0 Å². The molecule has 2 aliphatic carbocycles. The predicted molar refractivity (Wildman–Crippen MR) is 393 cm³/mol. The zero-order valence-electron chi connectivity index (χ0n) is 59.6. The monoisotopic (exact) mass is 1390 g/mol. The fraction of sp³-hybridized carbons (Fsp3) is 0.430. The molecule has 536 valence electrons. The van der Waals surface area contributed by atoms with Crippen molar-refractivity contribution in [2.75, 3.05) is 46.2 Å². The number of aryl methyl sites for hydroxylation is 4. The summed E-state index contributed by atoms with van der Waals surface area (Å²) >= 11 is 0. The van der Waals surface area contributed by atoms with Crippen LogP contribution in [0.15, 0.2) is 49.6 Å². The van der Waals surface area contributed by atoms with E-state index in [1.165, 1.54) is 0 Å². The van der Waals surface area contributed by atoms with Gasteiger partial charge in [-0.2, -0.15) is 0 Å². The number of hydrogen-bond acceptors (Lipinski definition) is 16. The summed E-state index contributed by atoms with van der Waals surface area (Å²) in [7, 11) is 0. The van der Waals surface area contributed by atoms with Crippen molar-refractivity contribution >= 4 is 108 Å². The van der Waals surface area contributed by atoms with Gasteiger partial charge < -0.3 is 70.3 Å². The molecule has 6 unspecified atom stereocenters. The molecule has 23 nitrogen and oxygen atoms in total. The van der Waals surface area contributed by atoms with Crippen molar-refractivity contribution in [2.45, 2.75) is 175 Å². The Balaban J connectivity index is 0.725. The van der Waals surface area contributed by atoms with E-state index in [0.29, 0.717) is 33.5 Å². The van der Waals surface area contributed by atoms with Gasteiger partial charge in [-0.3, -0.25) is 29.1 Å². The second kappa shape index (κ2) is 29.9. The first-order valence-corrected chi connectivity index (χ1v) is 35.3. The number of rotatable bonds is 27. The van der Waals surface area contributed by atoms with Gasteiger partial charge in [-0.15, -0.1) is 0 Å². The molecule has 6 aromatic heterocycles. The van der Waals surface area contributed by atoms with Gasteiger partial charge in [0.1, 0.15) is 24.9 Å². The Kier molecular flexibility index (Phi) is 21.3. The maximum atomic E-state index is 14.1. The molecule has 0 spiro atoms. The van der Waals surface area contributed by atoms with E-state index in [4.69, 9.17) is 34.1 Å². The first kappa shape index (κ1) is 72.5. The van der Waals surface area contributed by atoms with Crippen LogP contribution < -0.4 is 10.6 Å². The fourth-order valence-electron chi connectivity index (χ4n) is 15.9. The maximum Gasteiger partial charge on any atom is 0.329 e. The van der Waals surface area contributed by atoms with Crippen LogP contribution in [-0.4, -0.2) is 171 Å². The Morgan fingerprint density at radius 3 is 1.30 bits per heavy atom. The number of Topliss-reactive ketones (excluding diaryl/α,β-unsaturated/α-hetero) is 2. The molecule has 0 aromatic carbocycles. The molecule has 102 heavy (non-hydrogen) atoms. The number of aromatic amines is 4. The number of H-pyrrole nitrogens is 4. The summed E-state index contributed by atoms with van der Waals surface area (Å²) in [6.07, 6.45) is 2.20. The third-order valence-corrected chi connectivity index (χ3v) is 21.8. The SMILES string of the molecule is C=Cc1c(C)c2cc3nc(c4c5[nH]c(cc6nc(cc1[nH]2)C(C)=C6CC)c(C)c5C(=O)C4)C(CCC(=O)NC(CO)C(CO)OCC(COC(CO)C(CO)NC(=O)CCC1c2nc(cc4[nH]c(cc5nc(cc6[nH]c7c2CC(=O)c7c6C)C(CC)=C5C)c(C=C)c4C)[C@H]1C)OCC(=O)O)[C@@H]3C. The number of aromatic nitrogens is 8. The molecule has 0 saturated heterocycles. The molecule has 0 saturated carbocycles. The summed E-state index contributed by atoms with van der Waals surface area (Å²) in [5, 5.41) is 58.2. The number of allylic oxidation sites excluding steroid dienone is 4. The molecule has 11 N–H and O–H groups in total. The Morgan fingerprint density at radius 1 is 0.549 bits per heavy atom. The molecule has 0 radical (unpaired) electrons. The van der Waals surface area contributed by atoms with E-state index in [2.05, 4.69) is 71.4 Å². The summed E-state index contributed by atoms with van der Waals surface area (Å²) in [5.74, 6) is -3.44. The second-order valence-electron chi connectivity index (χ2n) is 27.8. The molecular formula is C79H92N10O13. The highest BCUT2D eigenvalue weighted by atomic mass is 16.6. The molecule has 8 atom stereocenters. The van der Waals surface area contributed by atoms with Crippen LogP contribution in [0.5, 0.6) is 0 Å². The number of fused-ring (bicyclic) bond motifs is 16. The molecule has 16 bridgehead atoms. The standard InChI is InChI=1S/C79H92N10O13/c1-13-45-36(5)53-23-57-40(9)49(76(86-57)51-21-67(94)74-42(11)59(88-78(51)74)27-63-47(15-3)38(7)55(82-63)25-61(45)80-53)17-19-71(96)84-65(29-90)69(31-92)101-33-44(100-35-73(98)99)34-102-70(32-93)66(30-91)85-72(97)20-18-50-41(10)58-24-54-37(6)46(14-2)62(81-54)26-56-39(8)48(16-4)64(83-56)28-60-43(12)75-68(95)22-52(77(50)87-58)79(75)89-60/h13-14,23-28,40-41,44,49-50,65-66,69-70,80-81,88-93H,1-2,15-22,29-35H2,3-12H3,(H,84,96)(H,85,97)(H,98,99)/t40-,41-,44?,49?,50?,65?,66?,69?,70?/m0/s1. The number of carboxylic acids is 1. The Labute approximate surface area is 591 Å². The van der Waals surface area contributed by atoms with Crippen molar-refractivity contribution in [2.24, 2.45) is 0 Å². The summed E-state index contributed by atoms with van der Waals surface area (Å²) in [5.41, 5.74) is 25.0. The van der Waals surface area contributed by atoms with E-state index >= 15 is 0 Å². The van der Waals surface area contributed by atoms with Gasteiger partial charge in [-0.05, 0) is 148 Å². The van der Waals surface area contributed by atoms with Crippen molar-refractivity contribution in [3.8, 4) is 0 Å². The van der Waals surface area contributed by atoms with Crippen LogP contribution in [0, 0.1) is 27.7 Å². The fourth-order valence-corrected chi connectivity index (χ4v) is 15.9. The van der Waals surface area contributed by atoms with Crippen LogP contribution in [0.4, 0.5) is 0 Å². The summed E-state index contributed by atoms with van der Waals surface area (Å²) < 4.78 is 17.8. The lowest BCUT2D eigenvalue weighted by atomic mass is 9.85. The molecular weight excluding hydrogens is 1300 g/mol. The predicted octanol–water partition coefficient (Wildman–Crippen LogP) is 10.8. The molecule has 10 heterocycles. The van der Waals surface area contributed by atoms with Gasteiger partial charge in [0.25, 0.3) is 0 Å². The van der Waals surface area contributed by atoms with E-state index in [0.717, 1.165) is 147 Å². The minimum Gasteiger partial charge on any atom is -0.480 e. The molecule has 2 amide bonds. The molecule has 4 aliphatic heterocycles. The maximum absolute atomic E-state index is 14.1. The zero-order valence-corrected chi connectivity index (χ0v) is 59.6. The van der Waals surface area contributed by atoms with Gasteiger partial charge in [0, 0.05) is 127 Å². The zero-order chi connectivity index (χ0) is 72.9. The smallest absolute Gasteiger partial charge is 0.329 e. The number of carbonyl (C=O) groups excluding carboxylic acids is 4. The summed E-state index contributed by atoms with van der Waals surface area (Å²) in [6, 6.07) is 9.83. The average Bonchev–Trinajstić information content (AvgIpc) is 1.59. The van der Waals surface area contributed by atoms with Gasteiger partial charge in [-0.25, -0.2) is 14.8 Å². The molecule has 6 aromatic rings. The van der Waals surface area contributed by atoms with Gasteiger partial charge in [-0.1, -0.05) is 53.0 Å². The minimum atomic E-state index is -1.32. The van der Waals surface area contributed by atoms with Crippen LogP contribution in [0.25, 0.3) is 78.6 Å². The summed E-state index contributed by atoms with van der Waals surface area (Å²) in [4.78, 5) is 103. The number of hydrogen-bond donors (Lipinski definition) is 11. The number of ether oxygens (including phenoxy) is 3. The normalized spacial score (nSPS) is 18.5. The number of aliphatic hydroxyl groups is 4. The largest absolute Gasteiger partial charge is 0.480 e. The Hall–Kier alpha value is -9.33. The van der Waals surface area contributed by atoms with Crippen LogP contribution >= 0.6 is 0 Å². The van der Waals surface area contributed by atoms with Crippen molar-refractivity contribution in [1.82, 2.24) is 50.5 Å². The van der Waals surface area contributed by atoms with Crippen LogP contribution in [0.3, 0.4) is 0 Å². The molecule has 12 rings (SSSR count). The van der Waals surface area contributed by atoms with Crippen molar-refractivity contribution in [3.05, 3.63) is 151 Å². The third-order valence-electron chi connectivity index (χ3n) is 21.8. The second-order valence-corrected chi connectivity index (χ2v) is 27.8. The number of ketones is 2. The summed E-state index contributed by atoms with van der Waals surface area (Å²) in [6.45, 7) is 24.3. The lowest BCUT2D eigenvalue weighted by molar-refractivity contribution is -0.153. The minimum absolute atomic E-state index is 0.0364. The first-order chi connectivity index (χ1) is 49.0. The highest BCUT2D eigenvalue weighted by Crippen LogP contribution is 2.47.